The highest BCUT2D eigenvalue weighted by Gasteiger charge is 2.13. The summed E-state index contributed by atoms with van der Waals surface area (Å²) >= 11 is 0. The van der Waals surface area contributed by atoms with E-state index in [1.165, 1.54) is 0 Å². The molecule has 104 valence electrons. The SMILES string of the molecule is CNCCCCS(=O)(=O)NC(C)CCN(C)C. The molecule has 6 heteroatoms. The Bertz CT molecular complexity index is 278. The smallest absolute Gasteiger partial charge is 0.211 e. The van der Waals surface area contributed by atoms with Crippen molar-refractivity contribution in [3.05, 3.63) is 0 Å². The number of hydrogen-bond donors (Lipinski definition) is 2. The summed E-state index contributed by atoms with van der Waals surface area (Å²) in [5, 5.41) is 3.01. The molecule has 0 saturated heterocycles. The van der Waals surface area contributed by atoms with E-state index in [0.717, 1.165) is 25.9 Å². The standard InChI is InChI=1S/C11H27N3O2S/c1-11(7-9-14(3)4)13-17(15,16)10-6-5-8-12-2/h11-13H,5-10H2,1-4H3. The van der Waals surface area contributed by atoms with E-state index in [4.69, 9.17) is 0 Å². The molecule has 5 nitrogen and oxygen atoms in total. The Hall–Kier alpha value is -0.170. The van der Waals surface area contributed by atoms with Crippen LogP contribution in [-0.2, 0) is 10.0 Å². The molecule has 0 rings (SSSR count). The molecule has 0 aromatic carbocycles. The Balaban J connectivity index is 3.82. The van der Waals surface area contributed by atoms with E-state index in [9.17, 15) is 8.42 Å². The normalized spacial score (nSPS) is 14.2. The van der Waals surface area contributed by atoms with Gasteiger partial charge in [0.15, 0.2) is 0 Å². The molecule has 0 spiro atoms. The number of hydrogen-bond acceptors (Lipinski definition) is 4. The van der Waals surface area contributed by atoms with Crippen molar-refractivity contribution in [3.8, 4) is 0 Å². The molecule has 0 aromatic rings. The Morgan fingerprint density at radius 2 is 1.88 bits per heavy atom. The molecule has 1 unspecified atom stereocenters. The summed E-state index contributed by atoms with van der Waals surface area (Å²) < 4.78 is 26.1. The van der Waals surface area contributed by atoms with Gasteiger partial charge in [-0.1, -0.05) is 0 Å². The quantitative estimate of drug-likeness (QED) is 0.556. The van der Waals surface area contributed by atoms with Crippen LogP contribution in [0.25, 0.3) is 0 Å². The van der Waals surface area contributed by atoms with E-state index < -0.39 is 10.0 Å². The van der Waals surface area contributed by atoms with Crippen molar-refractivity contribution in [2.75, 3.05) is 40.0 Å². The van der Waals surface area contributed by atoms with Gasteiger partial charge in [-0.15, -0.1) is 0 Å². The lowest BCUT2D eigenvalue weighted by molar-refractivity contribution is 0.379. The highest BCUT2D eigenvalue weighted by molar-refractivity contribution is 7.89. The predicted octanol–water partition coefficient (Wildman–Crippen LogP) is 0.246. The summed E-state index contributed by atoms with van der Waals surface area (Å²) in [5.41, 5.74) is 0. The minimum absolute atomic E-state index is 0.00620. The molecule has 0 amide bonds. The summed E-state index contributed by atoms with van der Waals surface area (Å²) in [6, 6.07) is 0.00620. The molecular formula is C11H27N3O2S. The fraction of sp³-hybridized carbons (Fsp3) is 1.00. The molecule has 0 aromatic heterocycles. The Morgan fingerprint density at radius 1 is 1.24 bits per heavy atom. The third-order valence-electron chi connectivity index (χ3n) is 2.48. The number of rotatable bonds is 10. The van der Waals surface area contributed by atoms with Gasteiger partial charge in [0.25, 0.3) is 0 Å². The van der Waals surface area contributed by atoms with Gasteiger partial charge in [-0.2, -0.15) is 0 Å². The third kappa shape index (κ3) is 10.7. The van der Waals surface area contributed by atoms with E-state index in [1.54, 1.807) is 0 Å². The summed E-state index contributed by atoms with van der Waals surface area (Å²) in [6.07, 6.45) is 2.43. The number of nitrogens with one attached hydrogen (secondary N) is 2. The molecule has 1 atom stereocenters. The molecule has 0 aliphatic heterocycles. The average molecular weight is 265 g/mol. The molecule has 0 fully saturated rings. The van der Waals surface area contributed by atoms with Crippen LogP contribution in [0, 0.1) is 0 Å². The highest BCUT2D eigenvalue weighted by atomic mass is 32.2. The Morgan fingerprint density at radius 3 is 2.41 bits per heavy atom. The topological polar surface area (TPSA) is 61.4 Å². The molecule has 0 radical (unpaired) electrons. The van der Waals surface area contributed by atoms with Crippen molar-refractivity contribution in [1.29, 1.82) is 0 Å². The lowest BCUT2D eigenvalue weighted by Gasteiger charge is -2.16. The van der Waals surface area contributed by atoms with Crippen molar-refractivity contribution >= 4 is 10.0 Å². The van der Waals surface area contributed by atoms with Gasteiger partial charge in [-0.25, -0.2) is 13.1 Å². The Labute approximate surface area is 106 Å². The van der Waals surface area contributed by atoms with Crippen molar-refractivity contribution in [2.24, 2.45) is 0 Å². The largest absolute Gasteiger partial charge is 0.320 e. The Kier molecular flexibility index (Phi) is 8.77. The third-order valence-corrected chi connectivity index (χ3v) is 4.07. The molecule has 0 aliphatic carbocycles. The average Bonchev–Trinajstić information content (AvgIpc) is 2.21. The fourth-order valence-electron chi connectivity index (χ4n) is 1.47. The summed E-state index contributed by atoms with van der Waals surface area (Å²) in [7, 11) is 2.74. The van der Waals surface area contributed by atoms with Gasteiger partial charge in [-0.3, -0.25) is 0 Å². The minimum Gasteiger partial charge on any atom is -0.320 e. The van der Waals surface area contributed by atoms with Gasteiger partial charge >= 0.3 is 0 Å². The number of unbranched alkanes of at least 4 members (excludes halogenated alkanes) is 1. The van der Waals surface area contributed by atoms with Crippen LogP contribution in [-0.4, -0.2) is 59.3 Å². The molecular weight excluding hydrogens is 238 g/mol. The predicted molar refractivity (Wildman–Crippen MR) is 72.7 cm³/mol. The van der Waals surface area contributed by atoms with E-state index in [2.05, 4.69) is 14.9 Å². The van der Waals surface area contributed by atoms with E-state index in [1.807, 2.05) is 28.1 Å². The van der Waals surface area contributed by atoms with Crippen LogP contribution in [0.2, 0.25) is 0 Å². The maximum absolute atomic E-state index is 11.7. The molecule has 0 bridgehead atoms. The van der Waals surface area contributed by atoms with Crippen LogP contribution < -0.4 is 10.0 Å². The van der Waals surface area contributed by atoms with Crippen molar-refractivity contribution < 1.29 is 8.42 Å². The second kappa shape index (κ2) is 8.85. The molecule has 0 heterocycles. The van der Waals surface area contributed by atoms with Gasteiger partial charge in [0.2, 0.25) is 10.0 Å². The van der Waals surface area contributed by atoms with Gasteiger partial charge < -0.3 is 10.2 Å². The first-order valence-electron chi connectivity index (χ1n) is 6.16. The van der Waals surface area contributed by atoms with Gasteiger partial charge in [0.05, 0.1) is 5.75 Å². The van der Waals surface area contributed by atoms with Crippen molar-refractivity contribution in [2.45, 2.75) is 32.2 Å². The van der Waals surface area contributed by atoms with Gasteiger partial charge in [-0.05, 0) is 60.4 Å². The maximum atomic E-state index is 11.7. The lowest BCUT2D eigenvalue weighted by Crippen LogP contribution is -2.36. The first kappa shape index (κ1) is 16.8. The second-order valence-corrected chi connectivity index (χ2v) is 6.61. The highest BCUT2D eigenvalue weighted by Crippen LogP contribution is 1.99. The van der Waals surface area contributed by atoms with Crippen LogP contribution in [0.5, 0.6) is 0 Å². The zero-order chi connectivity index (χ0) is 13.3. The molecule has 2 N–H and O–H groups in total. The first-order valence-corrected chi connectivity index (χ1v) is 7.82. The monoisotopic (exact) mass is 265 g/mol. The zero-order valence-corrected chi connectivity index (χ0v) is 12.3. The summed E-state index contributed by atoms with van der Waals surface area (Å²) in [5.74, 6) is 0.223. The maximum Gasteiger partial charge on any atom is 0.211 e. The van der Waals surface area contributed by atoms with Crippen molar-refractivity contribution in [1.82, 2.24) is 14.9 Å². The van der Waals surface area contributed by atoms with Crippen LogP contribution in [0.1, 0.15) is 26.2 Å². The van der Waals surface area contributed by atoms with E-state index >= 15 is 0 Å². The van der Waals surface area contributed by atoms with Gasteiger partial charge in [0.1, 0.15) is 0 Å². The number of sulfonamides is 1. The molecule has 0 saturated carbocycles. The molecule has 17 heavy (non-hydrogen) atoms. The fourth-order valence-corrected chi connectivity index (χ4v) is 2.90. The van der Waals surface area contributed by atoms with Crippen LogP contribution in [0.4, 0.5) is 0 Å². The summed E-state index contributed by atoms with van der Waals surface area (Å²) in [6.45, 7) is 3.67. The van der Waals surface area contributed by atoms with Crippen LogP contribution in [0.15, 0.2) is 0 Å². The lowest BCUT2D eigenvalue weighted by atomic mass is 10.2. The number of nitrogens with zero attached hydrogens (tertiary/aromatic N) is 1. The van der Waals surface area contributed by atoms with E-state index in [0.29, 0.717) is 6.42 Å². The van der Waals surface area contributed by atoms with Gasteiger partial charge in [0, 0.05) is 6.04 Å². The van der Waals surface area contributed by atoms with Crippen LogP contribution >= 0.6 is 0 Å². The zero-order valence-electron chi connectivity index (χ0n) is 11.5. The first-order chi connectivity index (χ1) is 7.87. The summed E-state index contributed by atoms with van der Waals surface area (Å²) in [4.78, 5) is 2.05. The van der Waals surface area contributed by atoms with Crippen LogP contribution in [0.3, 0.4) is 0 Å². The molecule has 0 aliphatic rings. The van der Waals surface area contributed by atoms with E-state index in [-0.39, 0.29) is 11.8 Å². The van der Waals surface area contributed by atoms with Crippen molar-refractivity contribution in [3.63, 3.8) is 0 Å². The second-order valence-electron chi connectivity index (χ2n) is 4.74. The minimum atomic E-state index is -3.11.